The van der Waals surface area contributed by atoms with E-state index < -0.39 is 5.97 Å². The van der Waals surface area contributed by atoms with Crippen LogP contribution < -0.4 is 5.73 Å². The number of nitrogens with two attached hydrogens (primary N) is 1. The summed E-state index contributed by atoms with van der Waals surface area (Å²) in [4.78, 5) is 11.6. The van der Waals surface area contributed by atoms with Crippen LogP contribution in [-0.2, 0) is 29.2 Å². The summed E-state index contributed by atoms with van der Waals surface area (Å²) in [5.41, 5.74) is 6.86. The highest BCUT2D eigenvalue weighted by Crippen LogP contribution is 2.11. The zero-order valence-corrected chi connectivity index (χ0v) is 10.9. The van der Waals surface area contributed by atoms with Gasteiger partial charge in [-0.1, -0.05) is 28.9 Å². The van der Waals surface area contributed by atoms with E-state index in [1.165, 1.54) is 4.68 Å². The van der Waals surface area contributed by atoms with Gasteiger partial charge in [-0.05, 0) is 17.7 Å². The zero-order chi connectivity index (χ0) is 13.7. The van der Waals surface area contributed by atoms with Crippen molar-refractivity contribution in [2.75, 3.05) is 0 Å². The fourth-order valence-corrected chi connectivity index (χ4v) is 1.69. The lowest BCUT2D eigenvalue weighted by atomic mass is 10.2. The fourth-order valence-electron chi connectivity index (χ4n) is 1.48. The number of ether oxygens (including phenoxy) is 1. The summed E-state index contributed by atoms with van der Waals surface area (Å²) in [5, 5.41) is 8.15. The third-order valence-electron chi connectivity index (χ3n) is 2.38. The molecule has 7 heteroatoms. The minimum atomic E-state index is -0.395. The first-order valence-corrected chi connectivity index (χ1v) is 6.04. The average molecular weight is 281 g/mol. The Morgan fingerprint density at radius 3 is 3.00 bits per heavy atom. The maximum atomic E-state index is 11.6. The molecule has 1 heterocycles. The van der Waals surface area contributed by atoms with Crippen molar-refractivity contribution in [3.05, 3.63) is 46.7 Å². The summed E-state index contributed by atoms with van der Waals surface area (Å²) in [6.45, 7) is 0.475. The van der Waals surface area contributed by atoms with E-state index in [4.69, 9.17) is 22.1 Å². The molecule has 0 bridgehead atoms. The highest BCUT2D eigenvalue weighted by atomic mass is 35.5. The fraction of sp³-hybridized carbons (Fsp3) is 0.250. The average Bonchev–Trinajstić information content (AvgIpc) is 2.84. The molecule has 1 aromatic heterocycles. The molecular weight excluding hydrogens is 268 g/mol. The van der Waals surface area contributed by atoms with Gasteiger partial charge in [-0.2, -0.15) is 0 Å². The molecule has 0 amide bonds. The Labute approximate surface area is 115 Å². The van der Waals surface area contributed by atoms with Gasteiger partial charge in [-0.15, -0.1) is 5.10 Å². The van der Waals surface area contributed by atoms with Crippen LogP contribution in [-0.4, -0.2) is 21.0 Å². The number of halogens is 1. The second-order valence-electron chi connectivity index (χ2n) is 3.90. The minimum absolute atomic E-state index is 0.00751. The highest BCUT2D eigenvalue weighted by molar-refractivity contribution is 6.30. The molecule has 0 spiro atoms. The lowest BCUT2D eigenvalue weighted by Gasteiger charge is -2.05. The molecule has 0 radical (unpaired) electrons. The first kappa shape index (κ1) is 13.5. The van der Waals surface area contributed by atoms with Crippen LogP contribution in [0.2, 0.25) is 5.02 Å². The van der Waals surface area contributed by atoms with Crippen molar-refractivity contribution in [2.45, 2.75) is 19.7 Å². The minimum Gasteiger partial charge on any atom is -0.459 e. The first-order chi connectivity index (χ1) is 9.17. The summed E-state index contributed by atoms with van der Waals surface area (Å²) in [6.07, 6.45) is 1.61. The van der Waals surface area contributed by atoms with E-state index in [1.807, 2.05) is 6.07 Å². The van der Waals surface area contributed by atoms with Crippen LogP contribution in [0.15, 0.2) is 30.5 Å². The molecule has 0 aliphatic carbocycles. The highest BCUT2D eigenvalue weighted by Gasteiger charge is 2.07. The first-order valence-electron chi connectivity index (χ1n) is 5.66. The molecule has 6 nitrogen and oxygen atoms in total. The quantitative estimate of drug-likeness (QED) is 0.830. The second kappa shape index (κ2) is 6.31. The van der Waals surface area contributed by atoms with Crippen molar-refractivity contribution < 1.29 is 9.53 Å². The predicted molar refractivity (Wildman–Crippen MR) is 69.2 cm³/mol. The number of esters is 1. The number of nitrogens with zero attached hydrogens (tertiary/aromatic N) is 3. The lowest BCUT2D eigenvalue weighted by molar-refractivity contribution is -0.145. The van der Waals surface area contributed by atoms with Crippen LogP contribution in [0.4, 0.5) is 0 Å². The smallest absolute Gasteiger partial charge is 0.328 e. The molecule has 19 heavy (non-hydrogen) atoms. The van der Waals surface area contributed by atoms with Gasteiger partial charge in [0.05, 0.1) is 11.9 Å². The normalized spacial score (nSPS) is 10.4. The van der Waals surface area contributed by atoms with Crippen molar-refractivity contribution in [1.82, 2.24) is 15.0 Å². The van der Waals surface area contributed by atoms with E-state index in [2.05, 4.69) is 10.3 Å². The van der Waals surface area contributed by atoms with Crippen molar-refractivity contribution >= 4 is 17.6 Å². The van der Waals surface area contributed by atoms with Crippen LogP contribution >= 0.6 is 11.6 Å². The maximum Gasteiger partial charge on any atom is 0.328 e. The molecule has 100 valence electrons. The molecule has 2 aromatic rings. The Hall–Kier alpha value is -1.92. The number of benzene rings is 1. The summed E-state index contributed by atoms with van der Waals surface area (Å²) >= 11 is 5.83. The monoisotopic (exact) mass is 280 g/mol. The van der Waals surface area contributed by atoms with Crippen LogP contribution in [0.3, 0.4) is 0 Å². The molecule has 0 saturated heterocycles. The third kappa shape index (κ3) is 4.04. The SMILES string of the molecule is NCc1cn(CC(=O)OCc2cccc(Cl)c2)nn1. The third-order valence-corrected chi connectivity index (χ3v) is 2.61. The van der Waals surface area contributed by atoms with E-state index in [-0.39, 0.29) is 19.7 Å². The summed E-state index contributed by atoms with van der Waals surface area (Å²) in [5.74, 6) is -0.395. The number of hydrogen-bond acceptors (Lipinski definition) is 5. The van der Waals surface area contributed by atoms with Gasteiger partial charge in [-0.3, -0.25) is 4.79 Å². The Morgan fingerprint density at radius 2 is 2.32 bits per heavy atom. The van der Waals surface area contributed by atoms with Crippen LogP contribution in [0.5, 0.6) is 0 Å². The zero-order valence-electron chi connectivity index (χ0n) is 10.1. The number of rotatable bonds is 5. The van der Waals surface area contributed by atoms with Crippen molar-refractivity contribution in [3.63, 3.8) is 0 Å². The predicted octanol–water partition coefficient (Wildman–Crippen LogP) is 1.13. The second-order valence-corrected chi connectivity index (χ2v) is 4.34. The van der Waals surface area contributed by atoms with Gasteiger partial charge < -0.3 is 10.5 Å². The van der Waals surface area contributed by atoms with Gasteiger partial charge in [0.2, 0.25) is 0 Å². The summed E-state index contributed by atoms with van der Waals surface area (Å²) < 4.78 is 6.50. The van der Waals surface area contributed by atoms with E-state index >= 15 is 0 Å². The number of hydrogen-bond donors (Lipinski definition) is 1. The number of aromatic nitrogens is 3. The van der Waals surface area contributed by atoms with Crippen molar-refractivity contribution in [2.24, 2.45) is 5.73 Å². The van der Waals surface area contributed by atoms with Gasteiger partial charge in [0, 0.05) is 11.6 Å². The maximum absolute atomic E-state index is 11.6. The molecule has 0 aliphatic heterocycles. The van der Waals surface area contributed by atoms with Gasteiger partial charge in [0.1, 0.15) is 13.2 Å². The van der Waals surface area contributed by atoms with Gasteiger partial charge in [0.15, 0.2) is 0 Å². The molecule has 0 atom stereocenters. The number of carbonyl (C=O) groups is 1. The molecule has 0 aliphatic rings. The molecule has 2 rings (SSSR count). The van der Waals surface area contributed by atoms with Crippen LogP contribution in [0.1, 0.15) is 11.3 Å². The van der Waals surface area contributed by atoms with Crippen molar-refractivity contribution in [3.8, 4) is 0 Å². The molecule has 1 aromatic carbocycles. The van der Waals surface area contributed by atoms with Crippen LogP contribution in [0.25, 0.3) is 0 Å². The van der Waals surface area contributed by atoms with E-state index in [1.54, 1.807) is 24.4 Å². The van der Waals surface area contributed by atoms with Gasteiger partial charge in [-0.25, -0.2) is 4.68 Å². The lowest BCUT2D eigenvalue weighted by Crippen LogP contribution is -2.14. The molecular formula is C12H13ClN4O2. The van der Waals surface area contributed by atoms with Gasteiger partial charge >= 0.3 is 5.97 Å². The largest absolute Gasteiger partial charge is 0.459 e. The van der Waals surface area contributed by atoms with E-state index in [0.29, 0.717) is 10.7 Å². The van der Waals surface area contributed by atoms with E-state index in [9.17, 15) is 4.79 Å². The molecule has 0 unspecified atom stereocenters. The Balaban J connectivity index is 1.84. The Kier molecular flexibility index (Phi) is 4.48. The number of carbonyl (C=O) groups excluding carboxylic acids is 1. The molecule has 0 fully saturated rings. The van der Waals surface area contributed by atoms with E-state index in [0.717, 1.165) is 5.56 Å². The summed E-state index contributed by atoms with van der Waals surface area (Å²) in [7, 11) is 0. The Morgan fingerprint density at radius 1 is 1.47 bits per heavy atom. The van der Waals surface area contributed by atoms with Crippen LogP contribution in [0, 0.1) is 0 Å². The molecule has 0 saturated carbocycles. The van der Waals surface area contributed by atoms with Crippen molar-refractivity contribution in [1.29, 1.82) is 0 Å². The molecule has 2 N–H and O–H groups in total. The summed E-state index contributed by atoms with van der Waals surface area (Å²) in [6, 6.07) is 7.14. The topological polar surface area (TPSA) is 83.0 Å². The Bertz CT molecular complexity index is 570. The standard InChI is InChI=1S/C12H13ClN4O2/c13-10-3-1-2-9(4-10)8-19-12(18)7-17-6-11(5-14)15-16-17/h1-4,6H,5,7-8,14H2. The van der Waals surface area contributed by atoms with Gasteiger partial charge in [0.25, 0.3) is 0 Å².